The highest BCUT2D eigenvalue weighted by atomic mass is 16.2. The number of guanidine groups is 1. The first-order valence-electron chi connectivity index (χ1n) is 8.27. The van der Waals surface area contributed by atoms with Crippen molar-refractivity contribution >= 4 is 11.9 Å². The van der Waals surface area contributed by atoms with Gasteiger partial charge in [0, 0.05) is 46.3 Å². The number of piperidine rings is 1. The number of likely N-dealkylation sites (tertiary alicyclic amines) is 1. The molecule has 5 heteroatoms. The zero-order chi connectivity index (χ0) is 16.8. The predicted octanol–water partition coefficient (Wildman–Crippen LogP) is 2.20. The molecule has 1 saturated heterocycles. The number of amides is 1. The Bertz CT molecular complexity index is 543. The van der Waals surface area contributed by atoms with Gasteiger partial charge >= 0.3 is 0 Å². The van der Waals surface area contributed by atoms with Crippen molar-refractivity contribution < 1.29 is 4.79 Å². The van der Waals surface area contributed by atoms with Crippen molar-refractivity contribution in [1.29, 1.82) is 0 Å². The quantitative estimate of drug-likeness (QED) is 0.687. The molecule has 23 heavy (non-hydrogen) atoms. The third-order valence-electron chi connectivity index (χ3n) is 4.35. The van der Waals surface area contributed by atoms with Crippen molar-refractivity contribution in [1.82, 2.24) is 15.1 Å². The molecule has 1 N–H and O–H groups in total. The summed E-state index contributed by atoms with van der Waals surface area (Å²) in [6, 6.07) is 7.75. The zero-order valence-corrected chi connectivity index (χ0v) is 14.7. The van der Waals surface area contributed by atoms with E-state index in [4.69, 9.17) is 0 Å². The molecule has 1 aliphatic heterocycles. The molecule has 1 aromatic rings. The summed E-state index contributed by atoms with van der Waals surface area (Å²) in [4.78, 5) is 20.2. The molecule has 0 saturated carbocycles. The minimum Gasteiger partial charge on any atom is -0.352 e. The van der Waals surface area contributed by atoms with Crippen LogP contribution in [0.15, 0.2) is 29.3 Å². The molecule has 0 radical (unpaired) electrons. The maximum Gasteiger partial charge on any atom is 0.253 e. The molecule has 0 aromatic heterocycles. The second-order valence-electron chi connectivity index (χ2n) is 6.47. The number of carbonyl (C=O) groups excluding carboxylic acids is 1. The molecule has 0 unspecified atom stereocenters. The number of nitrogens with one attached hydrogen (secondary N) is 1. The molecule has 1 amide bonds. The molecule has 1 aromatic carbocycles. The van der Waals surface area contributed by atoms with Gasteiger partial charge in [0.25, 0.3) is 5.91 Å². The minimum atomic E-state index is 0.0303. The van der Waals surface area contributed by atoms with Gasteiger partial charge in [-0.25, -0.2) is 0 Å². The maximum atomic E-state index is 11.9. The van der Waals surface area contributed by atoms with Crippen LogP contribution in [0.4, 0.5) is 0 Å². The largest absolute Gasteiger partial charge is 0.352 e. The Morgan fingerprint density at radius 3 is 2.39 bits per heavy atom. The highest BCUT2D eigenvalue weighted by Crippen LogP contribution is 2.16. The molecule has 0 aliphatic carbocycles. The Morgan fingerprint density at radius 2 is 1.87 bits per heavy atom. The Balaban J connectivity index is 1.90. The molecule has 0 bridgehead atoms. The lowest BCUT2D eigenvalue weighted by molar-refractivity contribution is 0.0827. The summed E-state index contributed by atoms with van der Waals surface area (Å²) in [6.45, 7) is 5.16. The predicted molar refractivity (Wildman–Crippen MR) is 94.6 cm³/mol. The summed E-state index contributed by atoms with van der Waals surface area (Å²) < 4.78 is 0. The summed E-state index contributed by atoms with van der Waals surface area (Å²) in [5.41, 5.74) is 1.86. The number of hydrogen-bond donors (Lipinski definition) is 1. The molecule has 126 valence electrons. The average Bonchev–Trinajstić information content (AvgIpc) is 2.56. The Labute approximate surface area is 139 Å². The maximum absolute atomic E-state index is 11.9. The lowest BCUT2D eigenvalue weighted by Gasteiger charge is -2.32. The molecule has 5 nitrogen and oxygen atoms in total. The summed E-state index contributed by atoms with van der Waals surface area (Å²) in [5.74, 6) is 1.80. The van der Waals surface area contributed by atoms with E-state index >= 15 is 0 Å². The van der Waals surface area contributed by atoms with Crippen LogP contribution in [0.3, 0.4) is 0 Å². The number of rotatable bonds is 3. The molecule has 1 heterocycles. The lowest BCUT2D eigenvalue weighted by atomic mass is 9.99. The van der Waals surface area contributed by atoms with Gasteiger partial charge in [-0.2, -0.15) is 0 Å². The molecular weight excluding hydrogens is 288 g/mol. The van der Waals surface area contributed by atoms with Gasteiger partial charge in [0.05, 0.1) is 0 Å². The second-order valence-corrected chi connectivity index (χ2v) is 6.47. The normalized spacial score (nSPS) is 16.3. The van der Waals surface area contributed by atoms with E-state index in [0.717, 1.165) is 37.1 Å². The van der Waals surface area contributed by atoms with Crippen LogP contribution in [-0.2, 0) is 6.54 Å². The minimum absolute atomic E-state index is 0.0303. The van der Waals surface area contributed by atoms with Crippen LogP contribution in [0.5, 0.6) is 0 Å². The number of benzene rings is 1. The van der Waals surface area contributed by atoms with Crippen molar-refractivity contribution in [2.45, 2.75) is 26.3 Å². The van der Waals surface area contributed by atoms with E-state index in [0.29, 0.717) is 5.56 Å². The van der Waals surface area contributed by atoms with Gasteiger partial charge in [0.15, 0.2) is 5.96 Å². The standard InChI is InChI=1S/C18H28N4O/c1-14-9-11-22(12-10-14)18(19-2)20-13-15-5-7-16(8-6-15)17(23)21(3)4/h5-8,14H,9-13H2,1-4H3,(H,19,20). The molecular formula is C18H28N4O. The summed E-state index contributed by atoms with van der Waals surface area (Å²) in [6.07, 6.45) is 2.45. The highest BCUT2D eigenvalue weighted by molar-refractivity contribution is 5.93. The van der Waals surface area contributed by atoms with Gasteiger partial charge in [-0.3, -0.25) is 9.79 Å². The van der Waals surface area contributed by atoms with E-state index in [1.165, 1.54) is 12.8 Å². The van der Waals surface area contributed by atoms with E-state index in [-0.39, 0.29) is 5.91 Å². The van der Waals surface area contributed by atoms with Crippen molar-refractivity contribution in [2.75, 3.05) is 34.2 Å². The molecule has 2 rings (SSSR count). The molecule has 1 aliphatic rings. The average molecular weight is 316 g/mol. The number of hydrogen-bond acceptors (Lipinski definition) is 2. The second kappa shape index (κ2) is 7.99. The van der Waals surface area contributed by atoms with Gasteiger partial charge in [0.1, 0.15) is 0 Å². The van der Waals surface area contributed by atoms with Crippen LogP contribution in [0, 0.1) is 5.92 Å². The summed E-state index contributed by atoms with van der Waals surface area (Å²) >= 11 is 0. The lowest BCUT2D eigenvalue weighted by Crippen LogP contribution is -2.45. The van der Waals surface area contributed by atoms with Gasteiger partial charge in [0.2, 0.25) is 0 Å². The van der Waals surface area contributed by atoms with Gasteiger partial charge in [-0.15, -0.1) is 0 Å². The monoisotopic (exact) mass is 316 g/mol. The smallest absolute Gasteiger partial charge is 0.253 e. The van der Waals surface area contributed by atoms with Gasteiger partial charge < -0.3 is 15.1 Å². The van der Waals surface area contributed by atoms with Crippen LogP contribution in [0.1, 0.15) is 35.7 Å². The first kappa shape index (κ1) is 17.3. The number of carbonyl (C=O) groups is 1. The zero-order valence-electron chi connectivity index (χ0n) is 14.7. The molecule has 0 atom stereocenters. The number of aliphatic imine (C=N–C) groups is 1. The van der Waals surface area contributed by atoms with Gasteiger partial charge in [-0.1, -0.05) is 19.1 Å². The van der Waals surface area contributed by atoms with E-state index in [1.807, 2.05) is 31.3 Å². The Morgan fingerprint density at radius 1 is 1.26 bits per heavy atom. The number of nitrogens with zero attached hydrogens (tertiary/aromatic N) is 3. The van der Waals surface area contributed by atoms with Crippen molar-refractivity contribution in [2.24, 2.45) is 10.9 Å². The summed E-state index contributed by atoms with van der Waals surface area (Å²) in [7, 11) is 5.36. The van der Waals surface area contributed by atoms with Crippen LogP contribution in [0.2, 0.25) is 0 Å². The van der Waals surface area contributed by atoms with E-state index in [9.17, 15) is 4.79 Å². The third-order valence-corrected chi connectivity index (χ3v) is 4.35. The topological polar surface area (TPSA) is 47.9 Å². The first-order valence-corrected chi connectivity index (χ1v) is 8.27. The fraction of sp³-hybridized carbons (Fsp3) is 0.556. The first-order chi connectivity index (χ1) is 11.0. The van der Waals surface area contributed by atoms with Crippen LogP contribution < -0.4 is 5.32 Å². The van der Waals surface area contributed by atoms with E-state index in [2.05, 4.69) is 22.1 Å². The Hall–Kier alpha value is -2.04. The summed E-state index contributed by atoms with van der Waals surface area (Å²) in [5, 5.41) is 3.42. The van der Waals surface area contributed by atoms with E-state index < -0.39 is 0 Å². The van der Waals surface area contributed by atoms with Crippen molar-refractivity contribution in [3.8, 4) is 0 Å². The third kappa shape index (κ3) is 4.71. The SMILES string of the molecule is CN=C(NCc1ccc(C(=O)N(C)C)cc1)N1CCC(C)CC1. The van der Waals surface area contributed by atoms with E-state index in [1.54, 1.807) is 19.0 Å². The Kier molecular flexibility index (Phi) is 6.02. The fourth-order valence-corrected chi connectivity index (χ4v) is 2.76. The van der Waals surface area contributed by atoms with Crippen LogP contribution in [-0.4, -0.2) is 55.9 Å². The van der Waals surface area contributed by atoms with Crippen molar-refractivity contribution in [3.05, 3.63) is 35.4 Å². The van der Waals surface area contributed by atoms with Crippen LogP contribution >= 0.6 is 0 Å². The van der Waals surface area contributed by atoms with Gasteiger partial charge in [-0.05, 0) is 36.5 Å². The van der Waals surface area contributed by atoms with Crippen LogP contribution in [0.25, 0.3) is 0 Å². The van der Waals surface area contributed by atoms with Crippen molar-refractivity contribution in [3.63, 3.8) is 0 Å². The molecule has 0 spiro atoms. The fourth-order valence-electron chi connectivity index (χ4n) is 2.76. The highest BCUT2D eigenvalue weighted by Gasteiger charge is 2.18. The molecule has 1 fully saturated rings.